The van der Waals surface area contributed by atoms with Crippen molar-refractivity contribution in [3.63, 3.8) is 0 Å². The number of carbonyl (C=O) groups is 1. The normalized spacial score (nSPS) is 14.5. The second kappa shape index (κ2) is 24.2. The highest BCUT2D eigenvalue weighted by atomic mass is 16.5. The first-order valence-electron chi connectivity index (χ1n) is 15.1. The van der Waals surface area contributed by atoms with E-state index in [0.29, 0.717) is 63.9 Å². The summed E-state index contributed by atoms with van der Waals surface area (Å²) in [6, 6.07) is 13.8. The van der Waals surface area contributed by atoms with E-state index in [0.717, 1.165) is 37.7 Å². The molecule has 46 heavy (non-hydrogen) atoms. The predicted octanol–water partition coefficient (Wildman–Crippen LogP) is 1.66. The van der Waals surface area contributed by atoms with Crippen molar-refractivity contribution in [2.75, 3.05) is 115 Å². The average molecular weight is 644 g/mol. The molecule has 0 unspecified atom stereocenters. The summed E-state index contributed by atoms with van der Waals surface area (Å²) in [5, 5.41) is 61.8. The minimum absolute atomic E-state index is 0.00944. The van der Waals surface area contributed by atoms with Gasteiger partial charge in [-0.15, -0.1) is 10.2 Å². The van der Waals surface area contributed by atoms with E-state index >= 15 is 0 Å². The molecular formula is C30H45N9O7. The first-order valence-corrected chi connectivity index (χ1v) is 15.1. The van der Waals surface area contributed by atoms with Gasteiger partial charge in [-0.05, 0) is 48.5 Å². The number of aliphatic hydroxyl groups excluding tert-OH is 4. The number of carbonyl (C=O) groups excluding carboxylic acids is 1. The van der Waals surface area contributed by atoms with Crippen molar-refractivity contribution in [2.24, 2.45) is 20.5 Å². The number of hydrogen-bond acceptors (Lipinski definition) is 14. The van der Waals surface area contributed by atoms with E-state index in [1.54, 1.807) is 47.5 Å². The number of ether oxygens (including phenoxy) is 2. The maximum Gasteiger partial charge on any atom is 0.362 e. The summed E-state index contributed by atoms with van der Waals surface area (Å²) in [4.78, 5) is 17.2. The van der Waals surface area contributed by atoms with Crippen molar-refractivity contribution in [3.05, 3.63) is 48.5 Å². The van der Waals surface area contributed by atoms with Gasteiger partial charge in [-0.2, -0.15) is 5.26 Å². The third kappa shape index (κ3) is 15.3. The van der Waals surface area contributed by atoms with Crippen LogP contribution in [0.3, 0.4) is 0 Å². The second-order valence-corrected chi connectivity index (χ2v) is 9.65. The minimum Gasteiger partial charge on any atom is -0.395 e. The lowest BCUT2D eigenvalue weighted by atomic mass is 10.2. The van der Waals surface area contributed by atoms with Gasteiger partial charge in [0.05, 0.1) is 64.2 Å². The zero-order valence-electron chi connectivity index (χ0n) is 26.0. The first kappa shape index (κ1) is 38.1. The zero-order chi connectivity index (χ0) is 33.2. The number of amides is 2. The molecule has 2 aromatic rings. The molecule has 0 atom stereocenters. The summed E-state index contributed by atoms with van der Waals surface area (Å²) in [5.41, 5.74) is 2.90. The van der Waals surface area contributed by atoms with Crippen LogP contribution in [0.4, 0.5) is 27.5 Å². The molecule has 16 heteroatoms. The van der Waals surface area contributed by atoms with Crippen molar-refractivity contribution >= 4 is 28.8 Å². The molecule has 2 fully saturated rings. The Morgan fingerprint density at radius 1 is 0.739 bits per heavy atom. The summed E-state index contributed by atoms with van der Waals surface area (Å²) >= 11 is 0. The van der Waals surface area contributed by atoms with Gasteiger partial charge >= 0.3 is 6.03 Å². The number of aliphatic hydroxyl groups is 4. The number of rotatable bonds is 12. The number of hydrogen-bond donors (Lipinski definition) is 5. The SMILES string of the molecule is C1COCCN1.N#CN=Nc1ccc(N(CCO)CCO)cc1.O=C(N=Nc1ccc(N(CCO)CCO)cc1)N1CCOCC1. The van der Waals surface area contributed by atoms with E-state index in [9.17, 15) is 4.79 Å². The number of nitrogens with one attached hydrogen (secondary N) is 1. The van der Waals surface area contributed by atoms with Crippen LogP contribution in [0.1, 0.15) is 0 Å². The fourth-order valence-electron chi connectivity index (χ4n) is 4.20. The molecule has 2 amide bonds. The smallest absolute Gasteiger partial charge is 0.362 e. The molecule has 0 aliphatic carbocycles. The van der Waals surface area contributed by atoms with Gasteiger partial charge in [-0.25, -0.2) is 4.79 Å². The molecule has 2 aliphatic rings. The van der Waals surface area contributed by atoms with Gasteiger partial charge in [-0.3, -0.25) is 0 Å². The summed E-state index contributed by atoms with van der Waals surface area (Å²) in [6.45, 7) is 7.83. The first-order chi connectivity index (χ1) is 22.6. The average Bonchev–Trinajstić information content (AvgIpc) is 3.12. The number of nitriles is 1. The molecule has 2 heterocycles. The molecule has 5 N–H and O–H groups in total. The van der Waals surface area contributed by atoms with Crippen LogP contribution in [0.5, 0.6) is 0 Å². The Hall–Kier alpha value is -4.08. The number of nitrogens with zero attached hydrogens (tertiary/aromatic N) is 8. The van der Waals surface area contributed by atoms with Crippen molar-refractivity contribution in [3.8, 4) is 6.19 Å². The van der Waals surface area contributed by atoms with Gasteiger partial charge in [0.25, 0.3) is 0 Å². The number of anilines is 2. The molecule has 0 aromatic heterocycles. The largest absolute Gasteiger partial charge is 0.395 e. The zero-order valence-corrected chi connectivity index (χ0v) is 26.0. The fourth-order valence-corrected chi connectivity index (χ4v) is 4.20. The number of azo groups is 2. The van der Waals surface area contributed by atoms with Crippen molar-refractivity contribution in [1.82, 2.24) is 10.2 Å². The van der Waals surface area contributed by atoms with Gasteiger partial charge in [0.15, 0.2) is 0 Å². The van der Waals surface area contributed by atoms with E-state index < -0.39 is 0 Å². The lowest BCUT2D eigenvalue weighted by molar-refractivity contribution is 0.0552. The van der Waals surface area contributed by atoms with Gasteiger partial charge in [0.2, 0.25) is 6.19 Å². The molecule has 0 radical (unpaired) electrons. The van der Waals surface area contributed by atoms with Crippen LogP contribution in [0.2, 0.25) is 0 Å². The lowest BCUT2D eigenvalue weighted by Crippen LogP contribution is -2.39. The highest BCUT2D eigenvalue weighted by Gasteiger charge is 2.16. The molecule has 16 nitrogen and oxygen atoms in total. The molecule has 2 aliphatic heterocycles. The van der Waals surface area contributed by atoms with Crippen LogP contribution in [-0.4, -0.2) is 137 Å². The molecule has 252 valence electrons. The van der Waals surface area contributed by atoms with Crippen molar-refractivity contribution in [2.45, 2.75) is 0 Å². The Balaban J connectivity index is 0.000000279. The maximum atomic E-state index is 11.9. The summed E-state index contributed by atoms with van der Waals surface area (Å²) in [7, 11) is 0. The summed E-state index contributed by atoms with van der Waals surface area (Å²) < 4.78 is 10.2. The van der Waals surface area contributed by atoms with Crippen LogP contribution >= 0.6 is 0 Å². The third-order valence-corrected chi connectivity index (χ3v) is 6.50. The second-order valence-electron chi connectivity index (χ2n) is 9.65. The van der Waals surface area contributed by atoms with Gasteiger partial charge in [0.1, 0.15) is 0 Å². The summed E-state index contributed by atoms with van der Waals surface area (Å²) in [5.74, 6) is 0. The Labute approximate surface area is 269 Å². The van der Waals surface area contributed by atoms with E-state index in [4.69, 9.17) is 35.2 Å². The van der Waals surface area contributed by atoms with Gasteiger partial charge in [-0.1, -0.05) is 10.2 Å². The van der Waals surface area contributed by atoms with Crippen LogP contribution in [-0.2, 0) is 9.47 Å². The lowest BCUT2D eigenvalue weighted by Gasteiger charge is -2.24. The highest BCUT2D eigenvalue weighted by molar-refractivity contribution is 5.75. The minimum atomic E-state index is -0.362. The van der Waals surface area contributed by atoms with Crippen LogP contribution in [0.15, 0.2) is 69.0 Å². The van der Waals surface area contributed by atoms with E-state index in [2.05, 4.69) is 25.8 Å². The fraction of sp³-hybridized carbons (Fsp3) is 0.533. The Kier molecular flexibility index (Phi) is 20.0. The maximum absolute atomic E-state index is 11.9. The molecule has 2 aromatic carbocycles. The van der Waals surface area contributed by atoms with Crippen molar-refractivity contribution < 1.29 is 34.7 Å². The number of urea groups is 1. The van der Waals surface area contributed by atoms with Gasteiger partial charge in [0, 0.05) is 63.7 Å². The molecule has 4 rings (SSSR count). The monoisotopic (exact) mass is 643 g/mol. The van der Waals surface area contributed by atoms with Crippen LogP contribution < -0.4 is 15.1 Å². The molecule has 0 spiro atoms. The third-order valence-electron chi connectivity index (χ3n) is 6.50. The molecule has 2 saturated heterocycles. The van der Waals surface area contributed by atoms with Crippen molar-refractivity contribution in [1.29, 1.82) is 5.26 Å². The van der Waals surface area contributed by atoms with Crippen LogP contribution in [0, 0.1) is 11.5 Å². The predicted molar refractivity (Wildman–Crippen MR) is 172 cm³/mol. The standard InChI is InChI=1S/C15H22N4O4.C11H14N4O2.C4H9NO/c20-9-5-18(6-10-21)14-3-1-13(2-4-14)16-17-15(22)19-7-11-23-12-8-19;12-9-13-14-10-1-3-11(4-2-10)15(5-7-16)6-8-17;1-3-6-4-2-5-1/h1-4,20-21H,5-12H2;1-4,16-17H,5-8H2;5H,1-4H2. The Bertz CT molecular complexity index is 1160. The summed E-state index contributed by atoms with van der Waals surface area (Å²) in [6.07, 6.45) is 1.58. The molecule has 0 bridgehead atoms. The van der Waals surface area contributed by atoms with Crippen LogP contribution in [0.25, 0.3) is 0 Å². The number of morpholine rings is 2. The highest BCUT2D eigenvalue weighted by Crippen LogP contribution is 2.21. The quantitative estimate of drug-likeness (QED) is 0.166. The Morgan fingerprint density at radius 3 is 1.54 bits per heavy atom. The Morgan fingerprint density at radius 2 is 1.17 bits per heavy atom. The van der Waals surface area contributed by atoms with E-state index in [1.807, 2.05) is 21.9 Å². The molecular weight excluding hydrogens is 598 g/mol. The topological polar surface area (TPSA) is 211 Å². The van der Waals surface area contributed by atoms with Gasteiger partial charge < -0.3 is 49.9 Å². The molecule has 0 saturated carbocycles. The van der Waals surface area contributed by atoms with E-state index in [-0.39, 0.29) is 32.5 Å². The number of benzene rings is 2. The van der Waals surface area contributed by atoms with E-state index in [1.165, 1.54) is 0 Å².